The Morgan fingerprint density at radius 1 is 1.31 bits per heavy atom. The van der Waals surface area contributed by atoms with E-state index < -0.39 is 5.91 Å². The van der Waals surface area contributed by atoms with E-state index in [0.29, 0.717) is 5.56 Å². The van der Waals surface area contributed by atoms with Gasteiger partial charge in [-0.05, 0) is 23.8 Å². The van der Waals surface area contributed by atoms with Crippen molar-refractivity contribution in [1.82, 2.24) is 5.48 Å². The normalized spacial score (nSPS) is 10.3. The molecule has 0 bridgehead atoms. The van der Waals surface area contributed by atoms with Gasteiger partial charge in [0, 0.05) is 11.6 Å². The number of primary amides is 1. The summed E-state index contributed by atoms with van der Waals surface area (Å²) >= 11 is 0. The Morgan fingerprint density at radius 2 is 1.94 bits per heavy atom. The summed E-state index contributed by atoms with van der Waals surface area (Å²) in [7, 11) is 1.35. The smallest absolute Gasteiger partial charge is 0.267 e. The molecule has 0 atom stereocenters. The summed E-state index contributed by atoms with van der Waals surface area (Å²) in [6, 6.07) is 6.57. The maximum absolute atomic E-state index is 11.0. The van der Waals surface area contributed by atoms with Crippen LogP contribution in [-0.4, -0.2) is 18.9 Å². The Labute approximate surface area is 92.8 Å². The number of hydrogen-bond acceptors (Lipinski definition) is 3. The zero-order valence-corrected chi connectivity index (χ0v) is 8.77. The van der Waals surface area contributed by atoms with Gasteiger partial charge < -0.3 is 5.73 Å². The van der Waals surface area contributed by atoms with Gasteiger partial charge in [0.2, 0.25) is 5.91 Å². The molecule has 0 saturated heterocycles. The second-order valence-electron chi connectivity index (χ2n) is 2.99. The van der Waals surface area contributed by atoms with Crippen molar-refractivity contribution in [2.45, 2.75) is 0 Å². The van der Waals surface area contributed by atoms with Crippen molar-refractivity contribution in [3.63, 3.8) is 0 Å². The van der Waals surface area contributed by atoms with Crippen LogP contribution in [0.1, 0.15) is 15.9 Å². The molecule has 0 heterocycles. The third-order valence-electron chi connectivity index (χ3n) is 1.83. The van der Waals surface area contributed by atoms with E-state index >= 15 is 0 Å². The molecular weight excluding hydrogens is 208 g/mol. The van der Waals surface area contributed by atoms with E-state index in [4.69, 9.17) is 5.73 Å². The molecule has 1 rings (SSSR count). The molecule has 0 aliphatic rings. The van der Waals surface area contributed by atoms with Crippen molar-refractivity contribution in [1.29, 1.82) is 0 Å². The fourth-order valence-electron chi connectivity index (χ4n) is 1.07. The lowest BCUT2D eigenvalue weighted by atomic mass is 10.1. The van der Waals surface area contributed by atoms with Crippen LogP contribution in [0.5, 0.6) is 0 Å². The molecular formula is C11H12N2O3. The lowest BCUT2D eigenvalue weighted by molar-refractivity contribution is -0.126. The number of nitrogens with two attached hydrogens (primary N) is 1. The summed E-state index contributed by atoms with van der Waals surface area (Å²) in [6.45, 7) is 0. The highest BCUT2D eigenvalue weighted by molar-refractivity contribution is 5.93. The Balaban J connectivity index is 2.68. The van der Waals surface area contributed by atoms with Crippen LogP contribution in [0, 0.1) is 0 Å². The largest absolute Gasteiger partial charge is 0.366 e. The molecule has 2 amide bonds. The van der Waals surface area contributed by atoms with Crippen LogP contribution in [0.3, 0.4) is 0 Å². The van der Waals surface area contributed by atoms with Gasteiger partial charge in [0.25, 0.3) is 5.91 Å². The van der Waals surface area contributed by atoms with Gasteiger partial charge in [-0.1, -0.05) is 12.1 Å². The Bertz CT molecular complexity index is 410. The van der Waals surface area contributed by atoms with Gasteiger partial charge in [-0.25, -0.2) is 5.48 Å². The standard InChI is InChI=1S/C11H12N2O3/c1-16-13-10(14)7-4-8-2-5-9(6-3-8)11(12)15/h2-7H,1H3,(H2,12,15)(H,13,14). The minimum absolute atomic E-state index is 0.360. The lowest BCUT2D eigenvalue weighted by Crippen LogP contribution is -2.18. The summed E-state index contributed by atoms with van der Waals surface area (Å²) in [5, 5.41) is 0. The molecule has 0 aliphatic heterocycles. The summed E-state index contributed by atoms with van der Waals surface area (Å²) in [5.74, 6) is -0.839. The van der Waals surface area contributed by atoms with Crippen LogP contribution in [0.15, 0.2) is 30.3 Å². The Morgan fingerprint density at radius 3 is 2.44 bits per heavy atom. The van der Waals surface area contributed by atoms with Crippen LogP contribution >= 0.6 is 0 Å². The SMILES string of the molecule is CONC(=O)C=Cc1ccc(C(N)=O)cc1. The molecule has 3 N–H and O–H groups in total. The van der Waals surface area contributed by atoms with Crippen molar-refractivity contribution in [3.05, 3.63) is 41.5 Å². The van der Waals surface area contributed by atoms with Gasteiger partial charge in [-0.2, -0.15) is 0 Å². The molecule has 0 aliphatic carbocycles. The van der Waals surface area contributed by atoms with Crippen LogP contribution in [0.25, 0.3) is 6.08 Å². The van der Waals surface area contributed by atoms with Gasteiger partial charge in [-0.3, -0.25) is 14.4 Å². The lowest BCUT2D eigenvalue weighted by Gasteiger charge is -1.97. The number of carbonyl (C=O) groups is 2. The van der Waals surface area contributed by atoms with Crippen molar-refractivity contribution < 1.29 is 14.4 Å². The monoisotopic (exact) mass is 220 g/mol. The molecule has 0 spiro atoms. The van der Waals surface area contributed by atoms with Gasteiger partial charge in [-0.15, -0.1) is 0 Å². The topological polar surface area (TPSA) is 81.4 Å². The average molecular weight is 220 g/mol. The molecule has 5 heteroatoms. The average Bonchev–Trinajstić information content (AvgIpc) is 2.27. The number of nitrogens with one attached hydrogen (secondary N) is 1. The number of amides is 2. The number of rotatable bonds is 4. The first kappa shape index (κ1) is 11.9. The zero-order valence-electron chi connectivity index (χ0n) is 8.77. The highest BCUT2D eigenvalue weighted by Crippen LogP contribution is 2.05. The number of hydrogen-bond donors (Lipinski definition) is 2. The van der Waals surface area contributed by atoms with Crippen LogP contribution in [0.2, 0.25) is 0 Å². The molecule has 1 aromatic carbocycles. The van der Waals surface area contributed by atoms with Gasteiger partial charge in [0.05, 0.1) is 7.11 Å². The third kappa shape index (κ3) is 3.55. The molecule has 1 aromatic rings. The first-order chi connectivity index (χ1) is 7.63. The number of benzene rings is 1. The fourth-order valence-corrected chi connectivity index (χ4v) is 1.07. The minimum Gasteiger partial charge on any atom is -0.366 e. The highest BCUT2D eigenvalue weighted by atomic mass is 16.6. The molecule has 0 fully saturated rings. The molecule has 0 saturated carbocycles. The summed E-state index contributed by atoms with van der Waals surface area (Å²) < 4.78 is 0. The summed E-state index contributed by atoms with van der Waals surface area (Å²) in [6.07, 6.45) is 2.92. The van der Waals surface area contributed by atoms with Crippen molar-refractivity contribution in [3.8, 4) is 0 Å². The predicted octanol–water partition coefficient (Wildman–Crippen LogP) is 0.476. The predicted molar refractivity (Wildman–Crippen MR) is 59.1 cm³/mol. The fraction of sp³-hybridized carbons (Fsp3) is 0.0909. The van der Waals surface area contributed by atoms with E-state index in [1.54, 1.807) is 30.3 Å². The first-order valence-electron chi connectivity index (χ1n) is 4.54. The number of hydroxylamine groups is 1. The summed E-state index contributed by atoms with van der Waals surface area (Å²) in [5.41, 5.74) is 8.45. The third-order valence-corrected chi connectivity index (χ3v) is 1.83. The van der Waals surface area contributed by atoms with Crippen molar-refractivity contribution in [2.24, 2.45) is 5.73 Å². The van der Waals surface area contributed by atoms with Gasteiger partial charge in [0.1, 0.15) is 0 Å². The molecule has 84 valence electrons. The molecule has 5 nitrogen and oxygen atoms in total. The van der Waals surface area contributed by atoms with Crippen LogP contribution in [-0.2, 0) is 9.63 Å². The minimum atomic E-state index is -0.479. The Hall–Kier alpha value is -2.14. The maximum atomic E-state index is 11.0. The van der Waals surface area contributed by atoms with Gasteiger partial charge in [0.15, 0.2) is 0 Å². The van der Waals surface area contributed by atoms with E-state index in [0.717, 1.165) is 5.56 Å². The quantitative estimate of drug-likeness (QED) is 0.572. The van der Waals surface area contributed by atoms with E-state index in [2.05, 4.69) is 10.3 Å². The second kappa shape index (κ2) is 5.67. The highest BCUT2D eigenvalue weighted by Gasteiger charge is 1.98. The molecule has 0 unspecified atom stereocenters. The zero-order chi connectivity index (χ0) is 12.0. The van der Waals surface area contributed by atoms with Crippen LogP contribution < -0.4 is 11.2 Å². The van der Waals surface area contributed by atoms with Gasteiger partial charge >= 0.3 is 0 Å². The van der Waals surface area contributed by atoms with Crippen molar-refractivity contribution in [2.75, 3.05) is 7.11 Å². The second-order valence-corrected chi connectivity index (χ2v) is 2.99. The van der Waals surface area contributed by atoms with E-state index in [1.807, 2.05) is 0 Å². The summed E-state index contributed by atoms with van der Waals surface area (Å²) in [4.78, 5) is 26.2. The number of carbonyl (C=O) groups excluding carboxylic acids is 2. The molecule has 16 heavy (non-hydrogen) atoms. The maximum Gasteiger partial charge on any atom is 0.267 e. The molecule has 0 aromatic heterocycles. The molecule has 0 radical (unpaired) electrons. The van der Waals surface area contributed by atoms with E-state index in [-0.39, 0.29) is 5.91 Å². The van der Waals surface area contributed by atoms with Crippen LogP contribution in [0.4, 0.5) is 0 Å². The Kier molecular flexibility index (Phi) is 4.23. The first-order valence-corrected chi connectivity index (χ1v) is 4.54. The van der Waals surface area contributed by atoms with Crippen molar-refractivity contribution >= 4 is 17.9 Å². The van der Waals surface area contributed by atoms with E-state index in [9.17, 15) is 9.59 Å². The van der Waals surface area contributed by atoms with E-state index in [1.165, 1.54) is 13.2 Å².